The number of aryl methyl sites for hydroxylation is 1. The van der Waals surface area contributed by atoms with Crippen molar-refractivity contribution < 1.29 is 0 Å². The predicted octanol–water partition coefficient (Wildman–Crippen LogP) is 8.59. The molecule has 1 unspecified atom stereocenters. The fourth-order valence-electron chi connectivity index (χ4n) is 5.30. The monoisotopic (exact) mass is 438 g/mol. The average Bonchev–Trinajstić information content (AvgIpc) is 3.16. The molecule has 4 aromatic carbocycles. The van der Waals surface area contributed by atoms with Crippen LogP contribution in [0.5, 0.6) is 0 Å². The van der Waals surface area contributed by atoms with Gasteiger partial charge in [-0.1, -0.05) is 140 Å². The molecule has 0 aromatic heterocycles. The lowest BCUT2D eigenvalue weighted by atomic mass is 9.70. The van der Waals surface area contributed by atoms with Gasteiger partial charge in [0.2, 0.25) is 0 Å². The fraction of sp³-hybridized carbons (Fsp3) is 0.118. The lowest BCUT2D eigenvalue weighted by molar-refractivity contribution is 0.644. The molecule has 0 heteroatoms. The van der Waals surface area contributed by atoms with Gasteiger partial charge in [-0.2, -0.15) is 0 Å². The number of benzene rings is 4. The van der Waals surface area contributed by atoms with Gasteiger partial charge in [0, 0.05) is 5.41 Å². The van der Waals surface area contributed by atoms with Gasteiger partial charge in [-0.25, -0.2) is 0 Å². The molecular formula is C34H30. The zero-order chi connectivity index (χ0) is 23.4. The van der Waals surface area contributed by atoms with Crippen molar-refractivity contribution in [3.8, 4) is 11.1 Å². The number of rotatable bonds is 7. The van der Waals surface area contributed by atoms with E-state index in [0.29, 0.717) is 0 Å². The van der Waals surface area contributed by atoms with Gasteiger partial charge < -0.3 is 0 Å². The molecule has 0 heterocycles. The zero-order valence-electron chi connectivity index (χ0n) is 19.7. The van der Waals surface area contributed by atoms with Gasteiger partial charge in [0.1, 0.15) is 0 Å². The Morgan fingerprint density at radius 3 is 2.18 bits per heavy atom. The van der Waals surface area contributed by atoms with Crippen LogP contribution in [0.4, 0.5) is 0 Å². The molecule has 1 aliphatic rings. The molecule has 0 amide bonds. The lowest BCUT2D eigenvalue weighted by Gasteiger charge is -2.32. The van der Waals surface area contributed by atoms with E-state index in [1.54, 1.807) is 0 Å². The summed E-state index contributed by atoms with van der Waals surface area (Å²) in [7, 11) is 0. The first-order chi connectivity index (χ1) is 16.7. The van der Waals surface area contributed by atoms with Crippen LogP contribution in [0.25, 0.3) is 11.1 Å². The summed E-state index contributed by atoms with van der Waals surface area (Å²) in [5.74, 6) is 0. The standard InChI is InChI=1S/C34H30/c1-3-4-5-6-12-23-34(29-13-8-7-9-14-29)32-16-11-10-15-30(32)31-22-21-28(25-33(31)34)24-27-19-17-26(2)18-20-27/h3-22,25H,1,23-24H2,2H3/b5-4-,12-6-. The maximum absolute atomic E-state index is 3.78. The second kappa shape index (κ2) is 9.53. The van der Waals surface area contributed by atoms with Crippen LogP contribution in [0.3, 0.4) is 0 Å². The minimum Gasteiger partial charge on any atom is -0.0991 e. The van der Waals surface area contributed by atoms with Gasteiger partial charge in [0.25, 0.3) is 0 Å². The first-order valence-corrected chi connectivity index (χ1v) is 12.0. The summed E-state index contributed by atoms with van der Waals surface area (Å²) in [5, 5.41) is 0. The van der Waals surface area contributed by atoms with Crippen molar-refractivity contribution >= 4 is 0 Å². The van der Waals surface area contributed by atoms with Crippen molar-refractivity contribution in [2.75, 3.05) is 0 Å². The van der Waals surface area contributed by atoms with E-state index in [4.69, 9.17) is 0 Å². The Hall–Kier alpha value is -3.90. The number of allylic oxidation sites excluding steroid dienone is 5. The van der Waals surface area contributed by atoms with Crippen LogP contribution in [0.2, 0.25) is 0 Å². The maximum Gasteiger partial charge on any atom is 0.0498 e. The molecule has 4 aromatic rings. The highest BCUT2D eigenvalue weighted by Crippen LogP contribution is 2.54. The van der Waals surface area contributed by atoms with E-state index in [1.165, 1.54) is 44.5 Å². The maximum atomic E-state index is 3.78. The molecule has 0 spiro atoms. The van der Waals surface area contributed by atoms with E-state index in [9.17, 15) is 0 Å². The Bertz CT molecular complexity index is 1350. The van der Waals surface area contributed by atoms with Gasteiger partial charge in [0.15, 0.2) is 0 Å². The molecule has 1 aliphatic carbocycles. The van der Waals surface area contributed by atoms with Crippen molar-refractivity contribution in [3.05, 3.63) is 167 Å². The second-order valence-electron chi connectivity index (χ2n) is 9.11. The third-order valence-corrected chi connectivity index (χ3v) is 6.93. The first kappa shape index (κ1) is 21.9. The lowest BCUT2D eigenvalue weighted by Crippen LogP contribution is -2.26. The van der Waals surface area contributed by atoms with Crippen LogP contribution in [-0.4, -0.2) is 0 Å². The number of hydrogen-bond acceptors (Lipinski definition) is 0. The predicted molar refractivity (Wildman–Crippen MR) is 145 cm³/mol. The molecule has 1 atom stereocenters. The van der Waals surface area contributed by atoms with E-state index < -0.39 is 0 Å². The van der Waals surface area contributed by atoms with Crippen molar-refractivity contribution in [1.82, 2.24) is 0 Å². The van der Waals surface area contributed by atoms with Crippen molar-refractivity contribution in [2.24, 2.45) is 0 Å². The van der Waals surface area contributed by atoms with E-state index in [2.05, 4.69) is 129 Å². The van der Waals surface area contributed by atoms with Gasteiger partial charge in [-0.15, -0.1) is 0 Å². The van der Waals surface area contributed by atoms with E-state index >= 15 is 0 Å². The van der Waals surface area contributed by atoms with Crippen LogP contribution in [0.1, 0.15) is 39.8 Å². The Balaban J connectivity index is 1.67. The van der Waals surface area contributed by atoms with E-state index in [0.717, 1.165) is 12.8 Å². The molecule has 0 N–H and O–H groups in total. The van der Waals surface area contributed by atoms with Crippen LogP contribution in [0, 0.1) is 6.92 Å². The van der Waals surface area contributed by atoms with Gasteiger partial charge in [0.05, 0.1) is 0 Å². The quantitative estimate of drug-likeness (QED) is 0.253. The van der Waals surface area contributed by atoms with Gasteiger partial charge in [-0.3, -0.25) is 0 Å². The smallest absolute Gasteiger partial charge is 0.0498 e. The van der Waals surface area contributed by atoms with Crippen LogP contribution >= 0.6 is 0 Å². The Labute approximate surface area is 203 Å². The fourth-order valence-corrected chi connectivity index (χ4v) is 5.30. The summed E-state index contributed by atoms with van der Waals surface area (Å²) < 4.78 is 0. The molecular weight excluding hydrogens is 408 g/mol. The Kier molecular flexibility index (Phi) is 6.14. The SMILES string of the molecule is C=C/C=C\C=C/CC1(c2ccccc2)c2ccccc2-c2ccc(Cc3ccc(C)cc3)cc21. The molecule has 0 bridgehead atoms. The molecule has 166 valence electrons. The normalized spacial score (nSPS) is 16.6. The average molecular weight is 439 g/mol. The number of hydrogen-bond donors (Lipinski definition) is 0. The third kappa shape index (κ3) is 3.97. The van der Waals surface area contributed by atoms with Crippen LogP contribution < -0.4 is 0 Å². The zero-order valence-corrected chi connectivity index (χ0v) is 19.7. The summed E-state index contributed by atoms with van der Waals surface area (Å²) in [4.78, 5) is 0. The highest BCUT2D eigenvalue weighted by atomic mass is 14.4. The topological polar surface area (TPSA) is 0 Å². The van der Waals surface area contributed by atoms with E-state index in [-0.39, 0.29) is 5.41 Å². The summed E-state index contributed by atoms with van der Waals surface area (Å²) >= 11 is 0. The van der Waals surface area contributed by atoms with Gasteiger partial charge >= 0.3 is 0 Å². The molecule has 0 saturated carbocycles. The van der Waals surface area contributed by atoms with E-state index in [1.807, 2.05) is 12.2 Å². The minimum absolute atomic E-state index is 0.213. The summed E-state index contributed by atoms with van der Waals surface area (Å²) in [5.41, 5.74) is 10.6. The minimum atomic E-state index is -0.213. The van der Waals surface area contributed by atoms with Crippen LogP contribution in [0.15, 0.2) is 134 Å². The molecule has 0 saturated heterocycles. The summed E-state index contributed by atoms with van der Waals surface area (Å²) in [6.07, 6.45) is 12.1. The second-order valence-corrected chi connectivity index (χ2v) is 9.11. The molecule has 5 rings (SSSR count). The highest BCUT2D eigenvalue weighted by molar-refractivity contribution is 5.84. The molecule has 0 radical (unpaired) electrons. The molecule has 0 nitrogen and oxygen atoms in total. The molecule has 34 heavy (non-hydrogen) atoms. The highest BCUT2D eigenvalue weighted by Gasteiger charge is 2.43. The van der Waals surface area contributed by atoms with Crippen molar-refractivity contribution in [3.63, 3.8) is 0 Å². The Morgan fingerprint density at radius 1 is 0.676 bits per heavy atom. The summed E-state index contributed by atoms with van der Waals surface area (Å²) in [6.45, 7) is 5.93. The van der Waals surface area contributed by atoms with Crippen molar-refractivity contribution in [2.45, 2.75) is 25.2 Å². The molecule has 0 aliphatic heterocycles. The Morgan fingerprint density at radius 2 is 1.38 bits per heavy atom. The van der Waals surface area contributed by atoms with Gasteiger partial charge in [-0.05, 0) is 58.7 Å². The molecule has 0 fully saturated rings. The largest absolute Gasteiger partial charge is 0.0991 e. The summed E-state index contributed by atoms with van der Waals surface area (Å²) in [6, 6.07) is 35.9. The third-order valence-electron chi connectivity index (χ3n) is 6.93. The van der Waals surface area contributed by atoms with Crippen LogP contribution in [-0.2, 0) is 11.8 Å². The number of fused-ring (bicyclic) bond motifs is 3. The van der Waals surface area contributed by atoms with Crippen molar-refractivity contribution in [1.29, 1.82) is 0 Å². The first-order valence-electron chi connectivity index (χ1n) is 12.0.